The molecule has 3 aromatic rings. The molecule has 0 unspecified atom stereocenters. The molecule has 0 aliphatic heterocycles. The van der Waals surface area contributed by atoms with E-state index in [0.29, 0.717) is 34.6 Å². The third-order valence-electron chi connectivity index (χ3n) is 5.06. The zero-order valence-corrected chi connectivity index (χ0v) is 17.3. The van der Waals surface area contributed by atoms with Crippen LogP contribution in [0.25, 0.3) is 10.2 Å². The monoisotopic (exact) mass is 399 g/mol. The summed E-state index contributed by atoms with van der Waals surface area (Å²) in [6, 6.07) is 9.89. The van der Waals surface area contributed by atoms with E-state index in [1.807, 2.05) is 30.3 Å². The summed E-state index contributed by atoms with van der Waals surface area (Å²) in [5.74, 6) is -0.340. The normalized spacial score (nSPS) is 11.4. The van der Waals surface area contributed by atoms with E-state index in [1.165, 1.54) is 0 Å². The molecule has 0 aliphatic carbocycles. The van der Waals surface area contributed by atoms with Crippen LogP contribution in [0.15, 0.2) is 35.1 Å². The number of likely N-dealkylation sites (N-methyl/N-ethyl adjacent to an activating group) is 1. The first kappa shape index (κ1) is 20.2. The molecule has 3 rings (SSSR count). The van der Waals surface area contributed by atoms with Crippen LogP contribution in [0.5, 0.6) is 0 Å². The first-order valence-corrected chi connectivity index (χ1v) is 10.3. The van der Waals surface area contributed by atoms with Gasteiger partial charge in [0.2, 0.25) is 0 Å². The largest absolute Gasteiger partial charge is 0.477 e. The van der Waals surface area contributed by atoms with E-state index in [4.69, 9.17) is 4.98 Å². The molecule has 0 amide bonds. The van der Waals surface area contributed by atoms with Crippen LogP contribution in [0, 0.1) is 6.92 Å². The summed E-state index contributed by atoms with van der Waals surface area (Å²) in [4.78, 5) is 32.5. The van der Waals surface area contributed by atoms with Crippen LogP contribution in [0.2, 0.25) is 0 Å². The van der Waals surface area contributed by atoms with E-state index in [2.05, 4.69) is 18.7 Å². The van der Waals surface area contributed by atoms with Gasteiger partial charge in [-0.3, -0.25) is 9.36 Å². The standard InChI is InChI=1S/C21H25N3O3S/c1-4-23(5-2)11-12-24-16(13-15-9-7-6-8-10-15)22-19-17(20(24)25)14(3)18(28-19)21(26)27/h6-10H,4-5,11-13H2,1-3H3,(H,26,27). The summed E-state index contributed by atoms with van der Waals surface area (Å²) in [6.07, 6.45) is 0.531. The minimum atomic E-state index is -1.01. The van der Waals surface area contributed by atoms with E-state index in [9.17, 15) is 14.7 Å². The van der Waals surface area contributed by atoms with Crippen molar-refractivity contribution < 1.29 is 9.90 Å². The highest BCUT2D eigenvalue weighted by atomic mass is 32.1. The van der Waals surface area contributed by atoms with E-state index >= 15 is 0 Å². The smallest absolute Gasteiger partial charge is 0.346 e. The number of carboxylic acids is 1. The highest BCUT2D eigenvalue weighted by Crippen LogP contribution is 2.27. The quantitative estimate of drug-likeness (QED) is 0.628. The van der Waals surface area contributed by atoms with Crippen LogP contribution in [-0.2, 0) is 13.0 Å². The van der Waals surface area contributed by atoms with Crippen LogP contribution in [0.3, 0.4) is 0 Å². The fourth-order valence-electron chi connectivity index (χ4n) is 3.39. The zero-order chi connectivity index (χ0) is 20.3. The number of fused-ring (bicyclic) bond motifs is 1. The van der Waals surface area contributed by atoms with Crippen LogP contribution < -0.4 is 5.56 Å². The second-order valence-corrected chi connectivity index (χ2v) is 7.71. The third kappa shape index (κ3) is 4.00. The number of carbonyl (C=O) groups is 1. The lowest BCUT2D eigenvalue weighted by atomic mass is 10.1. The van der Waals surface area contributed by atoms with Crippen molar-refractivity contribution >= 4 is 27.5 Å². The summed E-state index contributed by atoms with van der Waals surface area (Å²) >= 11 is 1.08. The molecule has 0 saturated carbocycles. The van der Waals surface area contributed by atoms with Gasteiger partial charge < -0.3 is 10.0 Å². The number of aromatic nitrogens is 2. The maximum atomic E-state index is 13.3. The Labute approximate surface area is 168 Å². The van der Waals surface area contributed by atoms with Gasteiger partial charge in [-0.25, -0.2) is 9.78 Å². The molecule has 1 aromatic carbocycles. The van der Waals surface area contributed by atoms with Gasteiger partial charge >= 0.3 is 5.97 Å². The maximum Gasteiger partial charge on any atom is 0.346 e. The number of aromatic carboxylic acids is 1. The summed E-state index contributed by atoms with van der Waals surface area (Å²) < 4.78 is 1.72. The van der Waals surface area contributed by atoms with E-state index in [0.717, 1.165) is 36.5 Å². The number of thiophene rings is 1. The highest BCUT2D eigenvalue weighted by Gasteiger charge is 2.21. The number of benzene rings is 1. The van der Waals surface area contributed by atoms with Crippen LogP contribution in [0.4, 0.5) is 0 Å². The summed E-state index contributed by atoms with van der Waals surface area (Å²) in [7, 11) is 0. The van der Waals surface area contributed by atoms with Gasteiger partial charge in [-0.2, -0.15) is 0 Å². The predicted molar refractivity (Wildman–Crippen MR) is 113 cm³/mol. The molecule has 28 heavy (non-hydrogen) atoms. The summed E-state index contributed by atoms with van der Waals surface area (Å²) in [5, 5.41) is 9.87. The molecule has 6 nitrogen and oxygen atoms in total. The van der Waals surface area contributed by atoms with Crippen molar-refractivity contribution in [3.63, 3.8) is 0 Å². The SMILES string of the molecule is CCN(CC)CCn1c(Cc2ccccc2)nc2sc(C(=O)O)c(C)c2c1=O. The third-order valence-corrected chi connectivity index (χ3v) is 6.24. The van der Waals surface area contributed by atoms with E-state index in [1.54, 1.807) is 11.5 Å². The average Bonchev–Trinajstić information content (AvgIpc) is 3.02. The Balaban J connectivity index is 2.13. The van der Waals surface area contributed by atoms with Crippen molar-refractivity contribution in [2.75, 3.05) is 19.6 Å². The fraction of sp³-hybridized carbons (Fsp3) is 0.381. The first-order valence-electron chi connectivity index (χ1n) is 9.48. The summed E-state index contributed by atoms with van der Waals surface area (Å²) in [5.41, 5.74) is 1.43. The predicted octanol–water partition coefficient (Wildman–Crippen LogP) is 3.40. The molecular weight excluding hydrogens is 374 g/mol. The molecule has 0 aliphatic rings. The first-order chi connectivity index (χ1) is 13.5. The van der Waals surface area contributed by atoms with Gasteiger partial charge in [-0.15, -0.1) is 11.3 Å². The second kappa shape index (κ2) is 8.67. The van der Waals surface area contributed by atoms with Crippen LogP contribution >= 0.6 is 11.3 Å². The molecule has 7 heteroatoms. The van der Waals surface area contributed by atoms with Crippen molar-refractivity contribution in [1.82, 2.24) is 14.5 Å². The Kier molecular flexibility index (Phi) is 6.26. The topological polar surface area (TPSA) is 75.4 Å². The fourth-order valence-corrected chi connectivity index (χ4v) is 4.42. The van der Waals surface area contributed by atoms with E-state index < -0.39 is 5.97 Å². The lowest BCUT2D eigenvalue weighted by Crippen LogP contribution is -2.33. The van der Waals surface area contributed by atoms with Gasteiger partial charge in [0.15, 0.2) is 0 Å². The number of nitrogens with zero attached hydrogens (tertiary/aromatic N) is 3. The van der Waals surface area contributed by atoms with Crippen molar-refractivity contribution in [3.8, 4) is 0 Å². The molecule has 0 saturated heterocycles. The maximum absolute atomic E-state index is 13.3. The van der Waals surface area contributed by atoms with Crippen LogP contribution in [-0.4, -0.2) is 45.2 Å². The summed E-state index contributed by atoms with van der Waals surface area (Å²) in [6.45, 7) is 8.99. The van der Waals surface area contributed by atoms with Gasteiger partial charge in [0, 0.05) is 19.5 Å². The van der Waals surface area contributed by atoms with Gasteiger partial charge in [0.1, 0.15) is 15.5 Å². The number of hydrogen-bond acceptors (Lipinski definition) is 5. The molecule has 0 bridgehead atoms. The number of hydrogen-bond donors (Lipinski definition) is 1. The Morgan fingerprint density at radius 1 is 1.21 bits per heavy atom. The van der Waals surface area contributed by atoms with Gasteiger partial charge in [-0.1, -0.05) is 44.2 Å². The molecule has 148 valence electrons. The van der Waals surface area contributed by atoms with Gasteiger partial charge in [-0.05, 0) is 31.1 Å². The molecule has 0 radical (unpaired) electrons. The molecule has 2 heterocycles. The van der Waals surface area contributed by atoms with Crippen LogP contribution in [0.1, 0.15) is 40.5 Å². The van der Waals surface area contributed by atoms with Crippen molar-refractivity contribution in [2.45, 2.75) is 33.7 Å². The van der Waals surface area contributed by atoms with E-state index in [-0.39, 0.29) is 10.4 Å². The van der Waals surface area contributed by atoms with Crippen molar-refractivity contribution in [1.29, 1.82) is 0 Å². The Morgan fingerprint density at radius 2 is 1.89 bits per heavy atom. The Morgan fingerprint density at radius 3 is 2.50 bits per heavy atom. The number of carboxylic acid groups (broad SMARTS) is 1. The lowest BCUT2D eigenvalue weighted by Gasteiger charge is -2.20. The minimum Gasteiger partial charge on any atom is -0.477 e. The molecular formula is C21H25N3O3S. The second-order valence-electron chi connectivity index (χ2n) is 6.72. The van der Waals surface area contributed by atoms with Crippen molar-refractivity contribution in [3.05, 3.63) is 62.5 Å². The van der Waals surface area contributed by atoms with Crippen molar-refractivity contribution in [2.24, 2.45) is 0 Å². The number of aryl methyl sites for hydroxylation is 1. The highest BCUT2D eigenvalue weighted by molar-refractivity contribution is 7.20. The van der Waals surface area contributed by atoms with Gasteiger partial charge in [0.05, 0.1) is 5.39 Å². The molecule has 1 N–H and O–H groups in total. The average molecular weight is 400 g/mol. The molecule has 0 spiro atoms. The minimum absolute atomic E-state index is 0.149. The Hall–Kier alpha value is -2.51. The Bertz CT molecular complexity index is 1040. The number of rotatable bonds is 8. The molecule has 0 fully saturated rings. The molecule has 2 aromatic heterocycles. The molecule has 0 atom stereocenters. The lowest BCUT2D eigenvalue weighted by molar-refractivity contribution is 0.0701. The zero-order valence-electron chi connectivity index (χ0n) is 16.4. The van der Waals surface area contributed by atoms with Gasteiger partial charge in [0.25, 0.3) is 5.56 Å².